The molecule has 1 rings (SSSR count). The lowest BCUT2D eigenvalue weighted by Crippen LogP contribution is -2.15. The minimum Gasteiger partial charge on any atom is -0.457 e. The van der Waals surface area contributed by atoms with E-state index < -0.39 is 0 Å². The van der Waals surface area contributed by atoms with Crippen molar-refractivity contribution in [3.8, 4) is 0 Å². The molecule has 0 saturated heterocycles. The zero-order valence-electron chi connectivity index (χ0n) is 9.55. The summed E-state index contributed by atoms with van der Waals surface area (Å²) in [4.78, 5) is 0. The molecule has 1 unspecified atom stereocenters. The first-order valence-corrected chi connectivity index (χ1v) is 6.49. The van der Waals surface area contributed by atoms with E-state index >= 15 is 0 Å². The Labute approximate surface area is 101 Å². The second kappa shape index (κ2) is 7.07. The zero-order chi connectivity index (χ0) is 11.1. The molecule has 1 heterocycles. The first-order chi connectivity index (χ1) is 7.29. The van der Waals surface area contributed by atoms with E-state index in [4.69, 9.17) is 4.42 Å². The molecule has 1 atom stereocenters. The standard InChI is InChI=1S/C12H20BrNO/c1-3-4-5-6-7-11(14-2)10-8-9-15-12(10)13/h8-9,11,14H,3-7H2,1-2H3. The SMILES string of the molecule is CCCCCCC(NC)c1ccoc1Br. The highest BCUT2D eigenvalue weighted by Gasteiger charge is 2.13. The highest BCUT2D eigenvalue weighted by molar-refractivity contribution is 9.10. The summed E-state index contributed by atoms with van der Waals surface area (Å²) < 4.78 is 6.11. The molecule has 1 aromatic rings. The minimum absolute atomic E-state index is 0.412. The monoisotopic (exact) mass is 273 g/mol. The Morgan fingerprint density at radius 3 is 2.73 bits per heavy atom. The van der Waals surface area contributed by atoms with Crippen LogP contribution in [0.4, 0.5) is 0 Å². The van der Waals surface area contributed by atoms with E-state index in [1.54, 1.807) is 6.26 Å². The van der Waals surface area contributed by atoms with Crippen LogP contribution in [0.25, 0.3) is 0 Å². The van der Waals surface area contributed by atoms with Crippen LogP contribution >= 0.6 is 15.9 Å². The lowest BCUT2D eigenvalue weighted by Gasteiger charge is -2.14. The van der Waals surface area contributed by atoms with Crippen LogP contribution in [0.2, 0.25) is 0 Å². The van der Waals surface area contributed by atoms with Crippen LogP contribution in [0.1, 0.15) is 50.6 Å². The quantitative estimate of drug-likeness (QED) is 0.751. The van der Waals surface area contributed by atoms with Crippen molar-refractivity contribution >= 4 is 15.9 Å². The van der Waals surface area contributed by atoms with E-state index in [-0.39, 0.29) is 0 Å². The summed E-state index contributed by atoms with van der Waals surface area (Å²) >= 11 is 3.42. The van der Waals surface area contributed by atoms with E-state index in [1.165, 1.54) is 37.7 Å². The molecule has 1 aromatic heterocycles. The fraction of sp³-hybridized carbons (Fsp3) is 0.667. The number of rotatable bonds is 7. The van der Waals surface area contributed by atoms with E-state index in [1.807, 2.05) is 13.1 Å². The maximum Gasteiger partial charge on any atom is 0.173 e. The van der Waals surface area contributed by atoms with E-state index in [2.05, 4.69) is 28.2 Å². The van der Waals surface area contributed by atoms with Crippen molar-refractivity contribution in [3.05, 3.63) is 22.6 Å². The van der Waals surface area contributed by atoms with Gasteiger partial charge in [-0.1, -0.05) is 32.6 Å². The lowest BCUT2D eigenvalue weighted by atomic mass is 10.0. The smallest absolute Gasteiger partial charge is 0.173 e. The molecule has 0 saturated carbocycles. The van der Waals surface area contributed by atoms with Crippen LogP contribution in [0.3, 0.4) is 0 Å². The molecule has 0 aliphatic rings. The van der Waals surface area contributed by atoms with Gasteiger partial charge >= 0.3 is 0 Å². The normalized spacial score (nSPS) is 13.0. The Bertz CT molecular complexity index is 272. The predicted molar refractivity (Wildman–Crippen MR) is 67.0 cm³/mol. The molecule has 3 heteroatoms. The van der Waals surface area contributed by atoms with Gasteiger partial charge in [-0.05, 0) is 35.5 Å². The summed E-state index contributed by atoms with van der Waals surface area (Å²) in [7, 11) is 2.00. The predicted octanol–water partition coefficient (Wildman–Crippen LogP) is 4.27. The van der Waals surface area contributed by atoms with Gasteiger partial charge in [-0.15, -0.1) is 0 Å². The van der Waals surface area contributed by atoms with Crippen molar-refractivity contribution < 1.29 is 4.42 Å². The van der Waals surface area contributed by atoms with Crippen molar-refractivity contribution in [1.82, 2.24) is 5.32 Å². The summed E-state index contributed by atoms with van der Waals surface area (Å²) in [5, 5.41) is 3.33. The van der Waals surface area contributed by atoms with E-state index in [9.17, 15) is 0 Å². The number of unbranched alkanes of at least 4 members (excludes halogenated alkanes) is 3. The van der Waals surface area contributed by atoms with Gasteiger partial charge in [0.15, 0.2) is 4.67 Å². The van der Waals surface area contributed by atoms with Crippen LogP contribution in [-0.2, 0) is 0 Å². The second-order valence-electron chi connectivity index (χ2n) is 3.84. The zero-order valence-corrected chi connectivity index (χ0v) is 11.1. The molecule has 2 nitrogen and oxygen atoms in total. The molecular weight excluding hydrogens is 254 g/mol. The summed E-state index contributed by atoms with van der Waals surface area (Å²) in [6, 6.07) is 2.44. The maximum atomic E-state index is 5.25. The van der Waals surface area contributed by atoms with Crippen molar-refractivity contribution in [2.24, 2.45) is 0 Å². The fourth-order valence-electron chi connectivity index (χ4n) is 1.78. The van der Waals surface area contributed by atoms with Gasteiger partial charge in [0.25, 0.3) is 0 Å². The molecule has 0 aliphatic carbocycles. The third kappa shape index (κ3) is 3.99. The largest absolute Gasteiger partial charge is 0.457 e. The maximum absolute atomic E-state index is 5.25. The summed E-state index contributed by atoms with van der Waals surface area (Å²) in [5.74, 6) is 0. The van der Waals surface area contributed by atoms with Gasteiger partial charge in [0.1, 0.15) is 0 Å². The molecule has 1 N–H and O–H groups in total. The van der Waals surface area contributed by atoms with Gasteiger partial charge in [-0.3, -0.25) is 0 Å². The molecule has 0 fully saturated rings. The van der Waals surface area contributed by atoms with Gasteiger partial charge in [0.2, 0.25) is 0 Å². The molecule has 0 spiro atoms. The Hall–Kier alpha value is -0.280. The highest BCUT2D eigenvalue weighted by atomic mass is 79.9. The molecule has 0 amide bonds. The number of furan rings is 1. The summed E-state index contributed by atoms with van der Waals surface area (Å²) in [5.41, 5.74) is 1.23. The Balaban J connectivity index is 2.39. The third-order valence-electron chi connectivity index (χ3n) is 2.72. The van der Waals surface area contributed by atoms with Crippen molar-refractivity contribution in [1.29, 1.82) is 0 Å². The van der Waals surface area contributed by atoms with Crippen molar-refractivity contribution in [2.75, 3.05) is 7.05 Å². The lowest BCUT2D eigenvalue weighted by molar-refractivity contribution is 0.484. The Kier molecular flexibility index (Phi) is 6.03. The van der Waals surface area contributed by atoms with Gasteiger partial charge in [-0.2, -0.15) is 0 Å². The van der Waals surface area contributed by atoms with Crippen molar-refractivity contribution in [2.45, 2.75) is 45.1 Å². The van der Waals surface area contributed by atoms with Gasteiger partial charge in [0.05, 0.1) is 6.26 Å². The first-order valence-electron chi connectivity index (χ1n) is 5.69. The van der Waals surface area contributed by atoms with Crippen LogP contribution < -0.4 is 5.32 Å². The topological polar surface area (TPSA) is 25.2 Å². The molecule has 0 bridgehead atoms. The number of halogens is 1. The Morgan fingerprint density at radius 1 is 1.40 bits per heavy atom. The summed E-state index contributed by atoms with van der Waals surface area (Å²) in [6.45, 7) is 2.24. The van der Waals surface area contributed by atoms with Gasteiger partial charge < -0.3 is 9.73 Å². The van der Waals surface area contributed by atoms with Gasteiger partial charge in [0, 0.05) is 11.6 Å². The average Bonchev–Trinajstić information content (AvgIpc) is 2.65. The average molecular weight is 274 g/mol. The number of hydrogen-bond donors (Lipinski definition) is 1. The molecule has 0 aliphatic heterocycles. The van der Waals surface area contributed by atoms with E-state index in [0.717, 1.165) is 4.67 Å². The molecule has 15 heavy (non-hydrogen) atoms. The molecule has 0 aromatic carbocycles. The van der Waals surface area contributed by atoms with Crippen LogP contribution in [0, 0.1) is 0 Å². The summed E-state index contributed by atoms with van der Waals surface area (Å²) in [6.07, 6.45) is 8.13. The first kappa shape index (κ1) is 12.8. The molecular formula is C12H20BrNO. The van der Waals surface area contributed by atoms with E-state index in [0.29, 0.717) is 6.04 Å². The van der Waals surface area contributed by atoms with Crippen molar-refractivity contribution in [3.63, 3.8) is 0 Å². The minimum atomic E-state index is 0.412. The third-order valence-corrected chi connectivity index (χ3v) is 3.36. The molecule has 86 valence electrons. The highest BCUT2D eigenvalue weighted by Crippen LogP contribution is 2.27. The second-order valence-corrected chi connectivity index (χ2v) is 4.56. The van der Waals surface area contributed by atoms with Crippen LogP contribution in [0.5, 0.6) is 0 Å². The molecule has 0 radical (unpaired) electrons. The fourth-order valence-corrected chi connectivity index (χ4v) is 2.30. The number of hydrogen-bond acceptors (Lipinski definition) is 2. The van der Waals surface area contributed by atoms with Crippen LogP contribution in [0.15, 0.2) is 21.4 Å². The Morgan fingerprint density at radius 2 is 2.20 bits per heavy atom. The number of nitrogens with one attached hydrogen (secondary N) is 1. The van der Waals surface area contributed by atoms with Gasteiger partial charge in [-0.25, -0.2) is 0 Å². The van der Waals surface area contributed by atoms with Crippen LogP contribution in [-0.4, -0.2) is 7.05 Å².